The van der Waals surface area contributed by atoms with Crippen LogP contribution in [0.15, 0.2) is 77.7 Å². The van der Waals surface area contributed by atoms with E-state index in [1.807, 2.05) is 38.1 Å². The van der Waals surface area contributed by atoms with Crippen molar-refractivity contribution in [2.24, 2.45) is 0 Å². The Labute approximate surface area is 201 Å². The summed E-state index contributed by atoms with van der Waals surface area (Å²) in [5, 5.41) is 2.96. The SMILES string of the molecule is CC[C@@H](NC(=O)CN(c1cccc(OC)c1)S(=O)(=O)c1ccc(C)cc1)c1ccc(OC)cc1. The topological polar surface area (TPSA) is 84.9 Å². The van der Waals surface area contributed by atoms with E-state index in [1.54, 1.807) is 55.6 Å². The molecule has 0 unspecified atom stereocenters. The Hall–Kier alpha value is -3.52. The zero-order valence-corrected chi connectivity index (χ0v) is 20.6. The van der Waals surface area contributed by atoms with Crippen molar-refractivity contribution in [1.82, 2.24) is 5.32 Å². The van der Waals surface area contributed by atoms with Crippen LogP contribution in [0.5, 0.6) is 11.5 Å². The average Bonchev–Trinajstić information content (AvgIpc) is 2.86. The molecule has 1 atom stereocenters. The molecule has 7 nitrogen and oxygen atoms in total. The Morgan fingerprint density at radius 3 is 2.18 bits per heavy atom. The maximum atomic E-state index is 13.6. The molecule has 0 saturated heterocycles. The van der Waals surface area contributed by atoms with Gasteiger partial charge in [0.15, 0.2) is 0 Å². The number of nitrogens with zero attached hydrogens (tertiary/aromatic N) is 1. The minimum atomic E-state index is -4.01. The molecule has 1 amide bonds. The van der Waals surface area contributed by atoms with Gasteiger partial charge in [-0.05, 0) is 55.3 Å². The number of hydrogen-bond donors (Lipinski definition) is 1. The van der Waals surface area contributed by atoms with Crippen molar-refractivity contribution in [3.63, 3.8) is 0 Å². The van der Waals surface area contributed by atoms with Crippen molar-refractivity contribution in [2.45, 2.75) is 31.2 Å². The molecule has 0 aromatic heterocycles. The second kappa shape index (κ2) is 11.1. The van der Waals surface area contributed by atoms with Crippen molar-refractivity contribution in [1.29, 1.82) is 0 Å². The van der Waals surface area contributed by atoms with Crippen molar-refractivity contribution in [3.05, 3.63) is 83.9 Å². The number of ether oxygens (including phenoxy) is 2. The lowest BCUT2D eigenvalue weighted by Crippen LogP contribution is -2.42. The molecule has 0 aliphatic heterocycles. The fraction of sp³-hybridized carbons (Fsp3) is 0.269. The fourth-order valence-corrected chi connectivity index (χ4v) is 4.96. The number of nitrogens with one attached hydrogen (secondary N) is 1. The van der Waals surface area contributed by atoms with Crippen LogP contribution in [-0.2, 0) is 14.8 Å². The molecule has 0 aliphatic rings. The van der Waals surface area contributed by atoms with E-state index in [2.05, 4.69) is 5.32 Å². The lowest BCUT2D eigenvalue weighted by molar-refractivity contribution is -0.120. The third-order valence-electron chi connectivity index (χ3n) is 5.50. The first-order valence-corrected chi connectivity index (χ1v) is 12.4. The monoisotopic (exact) mass is 482 g/mol. The summed E-state index contributed by atoms with van der Waals surface area (Å²) in [6.07, 6.45) is 0.641. The number of rotatable bonds is 10. The Bertz CT molecular complexity index is 1210. The Balaban J connectivity index is 1.91. The standard InChI is InChI=1S/C26H30N2O5S/c1-5-25(20-11-13-22(32-3)14-12-20)27-26(29)18-28(21-7-6-8-23(17-21)33-4)34(30,31)24-15-9-19(2)10-16-24/h6-17,25H,5,18H2,1-4H3,(H,27,29)/t25-/m1/s1. The molecule has 0 bridgehead atoms. The predicted molar refractivity (Wildman–Crippen MR) is 133 cm³/mol. The summed E-state index contributed by atoms with van der Waals surface area (Å²) in [5.41, 5.74) is 2.19. The van der Waals surface area contributed by atoms with E-state index in [0.29, 0.717) is 17.9 Å². The molecule has 0 spiro atoms. The van der Waals surface area contributed by atoms with Crippen LogP contribution in [0.25, 0.3) is 0 Å². The first-order valence-electron chi connectivity index (χ1n) is 10.9. The molecule has 180 valence electrons. The number of carbonyl (C=O) groups excluding carboxylic acids is 1. The first kappa shape index (κ1) is 25.1. The minimum absolute atomic E-state index is 0.107. The quantitative estimate of drug-likeness (QED) is 0.461. The van der Waals surface area contributed by atoms with Crippen LogP contribution >= 0.6 is 0 Å². The van der Waals surface area contributed by atoms with E-state index < -0.39 is 15.9 Å². The fourth-order valence-electron chi connectivity index (χ4n) is 3.55. The molecule has 3 aromatic carbocycles. The van der Waals surface area contributed by atoms with Gasteiger partial charge in [-0.15, -0.1) is 0 Å². The van der Waals surface area contributed by atoms with Crippen molar-refractivity contribution in [2.75, 3.05) is 25.1 Å². The van der Waals surface area contributed by atoms with Crippen LogP contribution in [0.3, 0.4) is 0 Å². The van der Waals surface area contributed by atoms with Crippen LogP contribution < -0.4 is 19.1 Å². The Morgan fingerprint density at radius 2 is 1.59 bits per heavy atom. The highest BCUT2D eigenvalue weighted by atomic mass is 32.2. The molecule has 0 fully saturated rings. The summed E-state index contributed by atoms with van der Waals surface area (Å²) in [4.78, 5) is 13.2. The summed E-state index contributed by atoms with van der Waals surface area (Å²) >= 11 is 0. The molecule has 34 heavy (non-hydrogen) atoms. The number of methoxy groups -OCH3 is 2. The van der Waals surface area contributed by atoms with Crippen LogP contribution in [-0.4, -0.2) is 35.1 Å². The van der Waals surface area contributed by atoms with Gasteiger partial charge in [-0.1, -0.05) is 42.8 Å². The Morgan fingerprint density at radius 1 is 0.941 bits per heavy atom. The van der Waals surface area contributed by atoms with Gasteiger partial charge in [0.2, 0.25) is 5.91 Å². The van der Waals surface area contributed by atoms with Crippen LogP contribution in [0.1, 0.15) is 30.5 Å². The summed E-state index contributed by atoms with van der Waals surface area (Å²) in [5.74, 6) is 0.797. The number of hydrogen-bond acceptors (Lipinski definition) is 5. The van der Waals surface area contributed by atoms with Gasteiger partial charge in [-0.25, -0.2) is 8.42 Å². The van der Waals surface area contributed by atoms with Crippen molar-refractivity contribution < 1.29 is 22.7 Å². The maximum absolute atomic E-state index is 13.6. The number of aryl methyl sites for hydroxylation is 1. The lowest BCUT2D eigenvalue weighted by Gasteiger charge is -2.26. The molecule has 1 N–H and O–H groups in total. The second-order valence-corrected chi connectivity index (χ2v) is 9.69. The predicted octanol–water partition coefficient (Wildman–Crippen LogP) is 4.48. The largest absolute Gasteiger partial charge is 0.497 e. The molecule has 0 heterocycles. The number of amides is 1. The molecular formula is C26H30N2O5S. The van der Waals surface area contributed by atoms with Crippen LogP contribution in [0.2, 0.25) is 0 Å². The number of carbonyl (C=O) groups is 1. The molecule has 3 rings (SSSR count). The average molecular weight is 483 g/mol. The van der Waals surface area contributed by atoms with Gasteiger partial charge in [0.1, 0.15) is 18.0 Å². The third kappa shape index (κ3) is 5.88. The molecule has 8 heteroatoms. The van der Waals surface area contributed by atoms with Crippen LogP contribution in [0, 0.1) is 6.92 Å². The van der Waals surface area contributed by atoms with Gasteiger partial charge in [-0.3, -0.25) is 9.10 Å². The molecule has 3 aromatic rings. The normalized spacial score (nSPS) is 12.0. The van der Waals surface area contributed by atoms with Gasteiger partial charge in [-0.2, -0.15) is 0 Å². The highest BCUT2D eigenvalue weighted by Gasteiger charge is 2.28. The molecular weight excluding hydrogens is 452 g/mol. The van der Waals surface area contributed by atoms with E-state index in [1.165, 1.54) is 7.11 Å². The second-order valence-electron chi connectivity index (χ2n) is 7.83. The summed E-state index contributed by atoms with van der Waals surface area (Å²) in [7, 11) is -0.908. The zero-order valence-electron chi connectivity index (χ0n) is 19.8. The molecule has 0 saturated carbocycles. The highest BCUT2D eigenvalue weighted by Crippen LogP contribution is 2.27. The van der Waals surface area contributed by atoms with E-state index in [9.17, 15) is 13.2 Å². The molecule has 0 aliphatic carbocycles. The van der Waals surface area contributed by atoms with Crippen molar-refractivity contribution in [3.8, 4) is 11.5 Å². The van der Waals surface area contributed by atoms with E-state index in [0.717, 1.165) is 21.2 Å². The summed E-state index contributed by atoms with van der Waals surface area (Å²) < 4.78 is 38.7. The Kier molecular flexibility index (Phi) is 8.17. The summed E-state index contributed by atoms with van der Waals surface area (Å²) in [6, 6.07) is 20.3. The van der Waals surface area contributed by atoms with Gasteiger partial charge in [0.05, 0.1) is 30.8 Å². The minimum Gasteiger partial charge on any atom is -0.497 e. The van der Waals surface area contributed by atoms with Gasteiger partial charge < -0.3 is 14.8 Å². The van der Waals surface area contributed by atoms with Gasteiger partial charge in [0, 0.05) is 6.07 Å². The summed E-state index contributed by atoms with van der Waals surface area (Å²) in [6.45, 7) is 3.46. The van der Waals surface area contributed by atoms with E-state index in [4.69, 9.17) is 9.47 Å². The van der Waals surface area contributed by atoms with E-state index >= 15 is 0 Å². The molecule has 0 radical (unpaired) electrons. The smallest absolute Gasteiger partial charge is 0.264 e. The number of sulfonamides is 1. The number of anilines is 1. The third-order valence-corrected chi connectivity index (χ3v) is 7.29. The first-order chi connectivity index (χ1) is 16.3. The van der Waals surface area contributed by atoms with Gasteiger partial charge >= 0.3 is 0 Å². The van der Waals surface area contributed by atoms with E-state index in [-0.39, 0.29) is 17.5 Å². The van der Waals surface area contributed by atoms with Crippen molar-refractivity contribution >= 4 is 21.6 Å². The lowest BCUT2D eigenvalue weighted by atomic mass is 10.0. The maximum Gasteiger partial charge on any atom is 0.264 e. The highest BCUT2D eigenvalue weighted by molar-refractivity contribution is 7.92. The van der Waals surface area contributed by atoms with Crippen LogP contribution in [0.4, 0.5) is 5.69 Å². The zero-order chi connectivity index (χ0) is 24.7. The number of benzene rings is 3. The van der Waals surface area contributed by atoms with Gasteiger partial charge in [0.25, 0.3) is 10.0 Å².